The maximum absolute atomic E-state index is 12.3. The zero-order chi connectivity index (χ0) is 15.8. The molecule has 1 aromatic rings. The molecule has 1 saturated heterocycles. The molecule has 7 nitrogen and oxygen atoms in total. The highest BCUT2D eigenvalue weighted by atomic mass is 35.5. The number of sulfonamides is 1. The minimum absolute atomic E-state index is 0.0872. The predicted molar refractivity (Wildman–Crippen MR) is 77.0 cm³/mol. The molecule has 1 aromatic carbocycles. The number of hydrogen-bond acceptors (Lipinski definition) is 5. The lowest BCUT2D eigenvalue weighted by atomic mass is 9.89. The largest absolute Gasteiger partial charge is 0.380 e. The summed E-state index contributed by atoms with van der Waals surface area (Å²) in [6, 6.07) is 2.27. The monoisotopic (exact) mass is 334 g/mol. The van der Waals surface area contributed by atoms with E-state index in [1.165, 1.54) is 6.07 Å². The maximum Gasteiger partial charge on any atom is 0.289 e. The average Bonchev–Trinajstić information content (AvgIpc) is 2.33. The van der Waals surface area contributed by atoms with E-state index in [1.807, 2.05) is 6.92 Å². The van der Waals surface area contributed by atoms with Gasteiger partial charge in [0.05, 0.1) is 23.0 Å². The molecule has 1 aliphatic heterocycles. The molecule has 0 bridgehead atoms. The lowest BCUT2D eigenvalue weighted by Crippen LogP contribution is -2.48. The number of nitrogens with zero attached hydrogens (tertiary/aromatic N) is 1. The van der Waals surface area contributed by atoms with Gasteiger partial charge in [-0.1, -0.05) is 18.5 Å². The highest BCUT2D eigenvalue weighted by molar-refractivity contribution is 7.89. The van der Waals surface area contributed by atoms with E-state index in [4.69, 9.17) is 16.3 Å². The van der Waals surface area contributed by atoms with Crippen molar-refractivity contribution < 1.29 is 18.1 Å². The highest BCUT2D eigenvalue weighted by Gasteiger charge is 2.35. The molecule has 1 N–H and O–H groups in total. The van der Waals surface area contributed by atoms with Gasteiger partial charge in [0.15, 0.2) is 0 Å². The summed E-state index contributed by atoms with van der Waals surface area (Å²) in [5.41, 5.74) is -0.312. The van der Waals surface area contributed by atoms with Crippen molar-refractivity contribution in [1.29, 1.82) is 0 Å². The van der Waals surface area contributed by atoms with E-state index in [2.05, 4.69) is 4.72 Å². The summed E-state index contributed by atoms with van der Waals surface area (Å²) in [7, 11) is -3.84. The summed E-state index contributed by atoms with van der Waals surface area (Å²) in [5, 5.41) is 10.8. The van der Waals surface area contributed by atoms with E-state index < -0.39 is 20.6 Å². The zero-order valence-electron chi connectivity index (χ0n) is 11.6. The summed E-state index contributed by atoms with van der Waals surface area (Å²) in [6.45, 7) is 4.62. The quantitative estimate of drug-likeness (QED) is 0.654. The van der Waals surface area contributed by atoms with Crippen molar-refractivity contribution >= 4 is 27.3 Å². The van der Waals surface area contributed by atoms with Gasteiger partial charge >= 0.3 is 0 Å². The molecule has 0 saturated carbocycles. The topological polar surface area (TPSA) is 98.5 Å². The number of hydrogen-bond donors (Lipinski definition) is 1. The van der Waals surface area contributed by atoms with E-state index >= 15 is 0 Å². The van der Waals surface area contributed by atoms with E-state index in [0.29, 0.717) is 18.8 Å². The van der Waals surface area contributed by atoms with Crippen molar-refractivity contribution in [1.82, 2.24) is 4.72 Å². The molecule has 116 valence electrons. The van der Waals surface area contributed by atoms with Gasteiger partial charge in [-0.05, 0) is 18.6 Å². The molecule has 1 fully saturated rings. The van der Waals surface area contributed by atoms with Crippen LogP contribution in [0.5, 0.6) is 0 Å². The first-order chi connectivity index (χ1) is 9.65. The predicted octanol–water partition coefficient (Wildman–Crippen LogP) is 1.87. The number of nitro groups is 1. The van der Waals surface area contributed by atoms with Gasteiger partial charge in [0.25, 0.3) is 5.69 Å². The minimum Gasteiger partial charge on any atom is -0.380 e. The SMILES string of the molecule is Cc1cc(Cl)c([N+](=O)[O-])cc1S(=O)(=O)NCC1(C)COC1. The van der Waals surface area contributed by atoms with Crippen LogP contribution in [-0.4, -0.2) is 33.1 Å². The van der Waals surface area contributed by atoms with Crippen molar-refractivity contribution in [2.24, 2.45) is 5.41 Å². The van der Waals surface area contributed by atoms with Crippen LogP contribution < -0.4 is 4.72 Å². The highest BCUT2D eigenvalue weighted by Crippen LogP contribution is 2.31. The Morgan fingerprint density at radius 2 is 2.10 bits per heavy atom. The van der Waals surface area contributed by atoms with Gasteiger partial charge in [-0.25, -0.2) is 13.1 Å². The average molecular weight is 335 g/mol. The first-order valence-electron chi connectivity index (χ1n) is 6.17. The number of aryl methyl sites for hydroxylation is 1. The van der Waals surface area contributed by atoms with Crippen LogP contribution in [0.1, 0.15) is 12.5 Å². The third kappa shape index (κ3) is 3.34. The first kappa shape index (κ1) is 16.2. The van der Waals surface area contributed by atoms with Gasteiger partial charge in [-0.15, -0.1) is 0 Å². The van der Waals surface area contributed by atoms with Crippen LogP contribution in [-0.2, 0) is 14.8 Å². The molecule has 2 rings (SSSR count). The number of ether oxygens (including phenoxy) is 1. The van der Waals surface area contributed by atoms with Crippen LogP contribution >= 0.6 is 11.6 Å². The Hall–Kier alpha value is -1.22. The van der Waals surface area contributed by atoms with Crippen molar-refractivity contribution in [2.75, 3.05) is 19.8 Å². The number of nitrogens with one attached hydrogen (secondary N) is 1. The standard InChI is InChI=1S/C12H15ClN2O5S/c1-8-3-9(13)10(15(16)17)4-11(8)21(18,19)14-5-12(2)6-20-7-12/h3-4,14H,5-7H2,1-2H3. The van der Waals surface area contributed by atoms with Gasteiger partial charge in [0, 0.05) is 18.0 Å². The first-order valence-corrected chi connectivity index (χ1v) is 8.03. The van der Waals surface area contributed by atoms with Crippen LogP contribution in [0.2, 0.25) is 5.02 Å². The van der Waals surface area contributed by atoms with E-state index in [1.54, 1.807) is 6.92 Å². The molecule has 9 heteroatoms. The molecule has 21 heavy (non-hydrogen) atoms. The minimum atomic E-state index is -3.84. The third-order valence-electron chi connectivity index (χ3n) is 3.32. The molecule has 1 heterocycles. The fraction of sp³-hybridized carbons (Fsp3) is 0.500. The zero-order valence-corrected chi connectivity index (χ0v) is 13.1. The van der Waals surface area contributed by atoms with Crippen LogP contribution in [0, 0.1) is 22.5 Å². The Kier molecular flexibility index (Phi) is 4.25. The maximum atomic E-state index is 12.3. The van der Waals surface area contributed by atoms with Crippen LogP contribution in [0.15, 0.2) is 17.0 Å². The van der Waals surface area contributed by atoms with Crippen LogP contribution in [0.4, 0.5) is 5.69 Å². The fourth-order valence-corrected chi connectivity index (χ4v) is 3.70. The number of halogens is 1. The Morgan fingerprint density at radius 3 is 2.57 bits per heavy atom. The lowest BCUT2D eigenvalue weighted by Gasteiger charge is -2.37. The van der Waals surface area contributed by atoms with Gasteiger partial charge in [0.1, 0.15) is 5.02 Å². The van der Waals surface area contributed by atoms with Gasteiger partial charge < -0.3 is 4.74 Å². The van der Waals surface area contributed by atoms with Crippen molar-refractivity contribution in [3.05, 3.63) is 32.8 Å². The smallest absolute Gasteiger partial charge is 0.289 e. The summed E-state index contributed by atoms with van der Waals surface area (Å²) < 4.78 is 32.1. The van der Waals surface area contributed by atoms with Crippen LogP contribution in [0.25, 0.3) is 0 Å². The number of nitro benzene ring substituents is 1. The summed E-state index contributed by atoms with van der Waals surface area (Å²) in [5.74, 6) is 0. The normalized spacial score (nSPS) is 17.3. The van der Waals surface area contributed by atoms with Crippen molar-refractivity contribution in [3.8, 4) is 0 Å². The molecular formula is C12H15ClN2O5S. The molecule has 0 unspecified atom stereocenters. The second kappa shape index (κ2) is 5.53. The van der Waals surface area contributed by atoms with Gasteiger partial charge in [-0.3, -0.25) is 10.1 Å². The molecule has 0 aliphatic carbocycles. The Balaban J connectivity index is 2.30. The molecule has 0 amide bonds. The van der Waals surface area contributed by atoms with Crippen LogP contribution in [0.3, 0.4) is 0 Å². The van der Waals surface area contributed by atoms with Crippen molar-refractivity contribution in [2.45, 2.75) is 18.7 Å². The Bertz CT molecular complexity index is 685. The number of rotatable bonds is 5. The van der Waals surface area contributed by atoms with E-state index in [9.17, 15) is 18.5 Å². The Morgan fingerprint density at radius 1 is 1.48 bits per heavy atom. The summed E-state index contributed by atoms with van der Waals surface area (Å²) in [4.78, 5) is 10.0. The van der Waals surface area contributed by atoms with Crippen molar-refractivity contribution in [3.63, 3.8) is 0 Å². The second-order valence-electron chi connectivity index (χ2n) is 5.45. The summed E-state index contributed by atoms with van der Waals surface area (Å²) >= 11 is 5.75. The Labute approximate surface area is 127 Å². The second-order valence-corrected chi connectivity index (χ2v) is 7.60. The molecular weight excluding hydrogens is 320 g/mol. The van der Waals surface area contributed by atoms with E-state index in [-0.39, 0.29) is 21.9 Å². The van der Waals surface area contributed by atoms with Gasteiger partial charge in [-0.2, -0.15) is 0 Å². The molecule has 0 atom stereocenters. The van der Waals surface area contributed by atoms with Gasteiger partial charge in [0.2, 0.25) is 10.0 Å². The lowest BCUT2D eigenvalue weighted by molar-refractivity contribution is -0.384. The molecule has 1 aliphatic rings. The molecule has 0 aromatic heterocycles. The van der Waals surface area contributed by atoms with E-state index in [0.717, 1.165) is 6.07 Å². The molecule has 0 radical (unpaired) electrons. The number of benzene rings is 1. The fourth-order valence-electron chi connectivity index (χ4n) is 1.97. The molecule has 0 spiro atoms. The summed E-state index contributed by atoms with van der Waals surface area (Å²) in [6.07, 6.45) is 0. The third-order valence-corrected chi connectivity index (χ3v) is 5.17.